The van der Waals surface area contributed by atoms with Gasteiger partial charge in [0.05, 0.1) is 10.9 Å². The van der Waals surface area contributed by atoms with Crippen LogP contribution in [-0.2, 0) is 17.9 Å². The van der Waals surface area contributed by atoms with E-state index in [0.29, 0.717) is 24.0 Å². The van der Waals surface area contributed by atoms with Crippen LogP contribution >= 0.6 is 12.2 Å². The molecule has 0 unspecified atom stereocenters. The first-order valence-corrected chi connectivity index (χ1v) is 9.78. The van der Waals surface area contributed by atoms with Crippen molar-refractivity contribution in [2.45, 2.75) is 13.1 Å². The van der Waals surface area contributed by atoms with Crippen LogP contribution < -0.4 is 5.56 Å². The molecule has 1 N–H and O–H groups in total. The number of hydrogen-bond donors (Lipinski definition) is 1. The molecule has 0 radical (unpaired) electrons. The van der Waals surface area contributed by atoms with Gasteiger partial charge in [0.2, 0.25) is 5.91 Å². The van der Waals surface area contributed by atoms with Crippen molar-refractivity contribution in [3.63, 3.8) is 0 Å². The van der Waals surface area contributed by atoms with Gasteiger partial charge in [-0.1, -0.05) is 42.5 Å². The first-order valence-electron chi connectivity index (χ1n) is 9.38. The van der Waals surface area contributed by atoms with Crippen LogP contribution in [0.1, 0.15) is 5.56 Å². The van der Waals surface area contributed by atoms with Crippen molar-refractivity contribution in [3.8, 4) is 0 Å². The second-order valence-electron chi connectivity index (χ2n) is 7.01. The van der Waals surface area contributed by atoms with Gasteiger partial charge in [-0.05, 0) is 29.9 Å². The van der Waals surface area contributed by atoms with E-state index in [1.165, 1.54) is 10.1 Å². The number of carbonyl (C=O) groups excluding carboxylic acids is 1. The normalized spacial score (nSPS) is 15.1. The molecule has 1 amide bonds. The Morgan fingerprint density at radius 2 is 1.64 bits per heavy atom. The van der Waals surface area contributed by atoms with Crippen LogP contribution in [0, 0.1) is 4.77 Å². The van der Waals surface area contributed by atoms with Crippen molar-refractivity contribution in [1.29, 1.82) is 0 Å². The maximum Gasteiger partial charge on any atom is 0.262 e. The number of amides is 1. The Bertz CT molecular complexity index is 1100. The third-order valence-electron chi connectivity index (χ3n) is 5.16. The predicted molar refractivity (Wildman–Crippen MR) is 112 cm³/mol. The molecule has 1 aliphatic rings. The molecule has 0 saturated carbocycles. The van der Waals surface area contributed by atoms with Gasteiger partial charge in [0.15, 0.2) is 4.77 Å². The molecule has 144 valence electrons. The largest absolute Gasteiger partial charge is 0.339 e. The number of fused-ring (bicyclic) bond motifs is 1. The van der Waals surface area contributed by atoms with Gasteiger partial charge in [-0.3, -0.25) is 19.1 Å². The Kier molecular flexibility index (Phi) is 5.36. The van der Waals surface area contributed by atoms with Gasteiger partial charge in [-0.25, -0.2) is 0 Å². The van der Waals surface area contributed by atoms with Crippen LogP contribution in [0.2, 0.25) is 0 Å². The minimum atomic E-state index is -0.226. The van der Waals surface area contributed by atoms with Crippen molar-refractivity contribution >= 4 is 29.0 Å². The maximum absolute atomic E-state index is 12.8. The Labute approximate surface area is 168 Å². The van der Waals surface area contributed by atoms with Crippen molar-refractivity contribution in [1.82, 2.24) is 19.4 Å². The average Bonchev–Trinajstić information content (AvgIpc) is 2.72. The minimum absolute atomic E-state index is 0.0301. The number of benzene rings is 2. The Morgan fingerprint density at radius 3 is 2.39 bits per heavy atom. The maximum atomic E-state index is 12.8. The summed E-state index contributed by atoms with van der Waals surface area (Å²) in [6.07, 6.45) is 0. The fourth-order valence-corrected chi connectivity index (χ4v) is 3.83. The zero-order chi connectivity index (χ0) is 19.5. The third-order valence-corrected chi connectivity index (χ3v) is 5.48. The lowest BCUT2D eigenvalue weighted by molar-refractivity contribution is -0.133. The van der Waals surface area contributed by atoms with Gasteiger partial charge in [0, 0.05) is 32.7 Å². The summed E-state index contributed by atoms with van der Waals surface area (Å²) in [5.41, 5.74) is 1.74. The van der Waals surface area contributed by atoms with E-state index in [1.54, 1.807) is 12.1 Å². The first-order chi connectivity index (χ1) is 13.6. The van der Waals surface area contributed by atoms with Gasteiger partial charge < -0.3 is 9.88 Å². The van der Waals surface area contributed by atoms with E-state index >= 15 is 0 Å². The van der Waals surface area contributed by atoms with Crippen LogP contribution in [0.5, 0.6) is 0 Å². The smallest absolute Gasteiger partial charge is 0.262 e. The van der Waals surface area contributed by atoms with Crippen molar-refractivity contribution < 1.29 is 4.79 Å². The van der Waals surface area contributed by atoms with E-state index in [1.807, 2.05) is 35.2 Å². The first kappa shape index (κ1) is 18.6. The number of aromatic amines is 1. The number of hydrogen-bond acceptors (Lipinski definition) is 4. The van der Waals surface area contributed by atoms with Crippen molar-refractivity contribution in [3.05, 3.63) is 75.3 Å². The van der Waals surface area contributed by atoms with Gasteiger partial charge in [0.25, 0.3) is 5.56 Å². The van der Waals surface area contributed by atoms with Gasteiger partial charge in [0.1, 0.15) is 6.54 Å². The number of rotatable bonds is 4. The number of para-hydroxylation sites is 1. The fourth-order valence-electron chi connectivity index (χ4n) is 3.57. The lowest BCUT2D eigenvalue weighted by atomic mass is 10.2. The molecule has 7 heteroatoms. The van der Waals surface area contributed by atoms with Crippen LogP contribution in [0.3, 0.4) is 0 Å². The summed E-state index contributed by atoms with van der Waals surface area (Å²) in [7, 11) is 0. The summed E-state index contributed by atoms with van der Waals surface area (Å²) >= 11 is 5.31. The van der Waals surface area contributed by atoms with Crippen LogP contribution in [0.25, 0.3) is 10.9 Å². The molecule has 0 bridgehead atoms. The van der Waals surface area contributed by atoms with E-state index in [4.69, 9.17) is 12.2 Å². The molecular formula is C21H22N4O2S. The molecule has 4 rings (SSSR count). The van der Waals surface area contributed by atoms with Crippen molar-refractivity contribution in [2.75, 3.05) is 26.2 Å². The average molecular weight is 395 g/mol. The molecule has 6 nitrogen and oxygen atoms in total. The van der Waals surface area contributed by atoms with Crippen LogP contribution in [-0.4, -0.2) is 51.4 Å². The third kappa shape index (κ3) is 3.90. The lowest BCUT2D eigenvalue weighted by Gasteiger charge is -2.34. The van der Waals surface area contributed by atoms with E-state index in [9.17, 15) is 9.59 Å². The summed E-state index contributed by atoms with van der Waals surface area (Å²) in [6, 6.07) is 17.5. The molecule has 2 heterocycles. The predicted octanol–water partition coefficient (Wildman–Crippen LogP) is 2.40. The zero-order valence-electron chi connectivity index (χ0n) is 15.5. The van der Waals surface area contributed by atoms with Gasteiger partial charge in [-0.15, -0.1) is 0 Å². The summed E-state index contributed by atoms with van der Waals surface area (Å²) in [5, 5.41) is 0.539. The second kappa shape index (κ2) is 8.08. The molecule has 1 fully saturated rings. The second-order valence-corrected chi connectivity index (χ2v) is 7.40. The number of piperazine rings is 1. The van der Waals surface area contributed by atoms with E-state index in [0.717, 1.165) is 19.6 Å². The summed E-state index contributed by atoms with van der Waals surface area (Å²) < 4.78 is 1.64. The molecular weight excluding hydrogens is 372 g/mol. The SMILES string of the molecule is O=C(Cn1c(=S)[nH]c2ccccc2c1=O)N1CCN(Cc2ccccc2)CC1. The quantitative estimate of drug-likeness (QED) is 0.691. The fraction of sp³-hybridized carbons (Fsp3) is 0.286. The lowest BCUT2D eigenvalue weighted by Crippen LogP contribution is -2.49. The van der Waals surface area contributed by atoms with E-state index in [2.05, 4.69) is 22.0 Å². The standard InChI is InChI=1S/C21H22N4O2S/c26-19(15-25-20(27)17-8-4-5-9-18(17)22-21(25)28)24-12-10-23(11-13-24)14-16-6-2-1-3-7-16/h1-9H,10-15H2,(H,22,28). The molecule has 0 spiro atoms. The monoisotopic (exact) mass is 394 g/mol. The highest BCUT2D eigenvalue weighted by atomic mass is 32.1. The highest BCUT2D eigenvalue weighted by Gasteiger charge is 2.22. The number of aromatic nitrogens is 2. The number of nitrogens with one attached hydrogen (secondary N) is 1. The van der Waals surface area contributed by atoms with Gasteiger partial charge in [-0.2, -0.15) is 0 Å². The van der Waals surface area contributed by atoms with Crippen molar-refractivity contribution in [2.24, 2.45) is 0 Å². The van der Waals surface area contributed by atoms with Gasteiger partial charge >= 0.3 is 0 Å². The minimum Gasteiger partial charge on any atom is -0.339 e. The van der Waals surface area contributed by atoms with Crippen LogP contribution in [0.15, 0.2) is 59.4 Å². The Morgan fingerprint density at radius 1 is 0.964 bits per heavy atom. The number of nitrogens with zero attached hydrogens (tertiary/aromatic N) is 3. The van der Waals surface area contributed by atoms with E-state index < -0.39 is 0 Å². The summed E-state index contributed by atoms with van der Waals surface area (Å²) in [4.78, 5) is 32.7. The molecule has 1 saturated heterocycles. The summed E-state index contributed by atoms with van der Waals surface area (Å²) in [5.74, 6) is -0.0729. The zero-order valence-corrected chi connectivity index (χ0v) is 16.3. The highest BCUT2D eigenvalue weighted by molar-refractivity contribution is 7.71. The molecule has 0 aliphatic carbocycles. The van der Waals surface area contributed by atoms with Crippen LogP contribution in [0.4, 0.5) is 0 Å². The molecule has 28 heavy (non-hydrogen) atoms. The summed E-state index contributed by atoms with van der Waals surface area (Å²) in [6.45, 7) is 3.81. The molecule has 2 aromatic carbocycles. The molecule has 1 aromatic heterocycles. The Balaban J connectivity index is 1.42. The molecule has 1 aliphatic heterocycles. The molecule has 3 aromatic rings. The topological polar surface area (TPSA) is 61.3 Å². The van der Waals surface area contributed by atoms with E-state index in [-0.39, 0.29) is 22.8 Å². The number of H-pyrrole nitrogens is 1. The number of carbonyl (C=O) groups is 1. The molecule has 0 atom stereocenters. The highest BCUT2D eigenvalue weighted by Crippen LogP contribution is 2.10. The Hall–Kier alpha value is -2.77.